The molecule has 0 aliphatic carbocycles. The number of aryl methyl sites for hydroxylation is 1. The maximum atomic E-state index is 5.81. The van der Waals surface area contributed by atoms with Crippen LogP contribution in [0.4, 0.5) is 0 Å². The zero-order valence-electron chi connectivity index (χ0n) is 11.5. The van der Waals surface area contributed by atoms with Gasteiger partial charge in [-0.05, 0) is 46.2 Å². The van der Waals surface area contributed by atoms with E-state index in [2.05, 4.69) is 49.5 Å². The van der Waals surface area contributed by atoms with Crippen LogP contribution in [0.2, 0.25) is 0 Å². The van der Waals surface area contributed by atoms with Gasteiger partial charge in [-0.25, -0.2) is 0 Å². The summed E-state index contributed by atoms with van der Waals surface area (Å²) in [6, 6.07) is 11.0. The van der Waals surface area contributed by atoms with Gasteiger partial charge in [0.25, 0.3) is 0 Å². The third-order valence-electron chi connectivity index (χ3n) is 3.27. The fourth-order valence-corrected chi connectivity index (χ4v) is 2.27. The van der Waals surface area contributed by atoms with Crippen LogP contribution in [0.3, 0.4) is 0 Å². The van der Waals surface area contributed by atoms with E-state index in [9.17, 15) is 0 Å². The minimum Gasteiger partial charge on any atom is -0.374 e. The van der Waals surface area contributed by atoms with E-state index in [0.29, 0.717) is 6.04 Å². The van der Waals surface area contributed by atoms with E-state index in [-0.39, 0.29) is 5.60 Å². The quantitative estimate of drug-likeness (QED) is 0.784. The minimum absolute atomic E-state index is 0.113. The minimum atomic E-state index is -0.113. The third kappa shape index (κ3) is 4.49. The van der Waals surface area contributed by atoms with Crippen molar-refractivity contribution >= 4 is 0 Å². The van der Waals surface area contributed by atoms with Crippen LogP contribution in [0.25, 0.3) is 0 Å². The summed E-state index contributed by atoms with van der Waals surface area (Å²) >= 11 is 0. The first kappa shape index (κ1) is 14.2. The number of ether oxygens (including phenoxy) is 1. The lowest BCUT2D eigenvalue weighted by atomic mass is 9.92. The predicted molar refractivity (Wildman–Crippen MR) is 73.3 cm³/mol. The highest BCUT2D eigenvalue weighted by Gasteiger charge is 2.28. The Bertz CT molecular complexity index is 308. The van der Waals surface area contributed by atoms with Gasteiger partial charge >= 0.3 is 0 Å². The first-order chi connectivity index (χ1) is 8.10. The maximum absolute atomic E-state index is 5.81. The maximum Gasteiger partial charge on any atom is 0.0778 e. The van der Waals surface area contributed by atoms with Crippen LogP contribution in [0.1, 0.15) is 32.8 Å². The van der Waals surface area contributed by atoms with E-state index < -0.39 is 0 Å². The fraction of sp³-hybridized carbons (Fsp3) is 0.600. The topological polar surface area (TPSA) is 21.3 Å². The lowest BCUT2D eigenvalue weighted by Crippen LogP contribution is -2.47. The number of hydrogen-bond donors (Lipinski definition) is 1. The zero-order chi connectivity index (χ0) is 12.7. The number of nitrogens with one attached hydrogen (secondary N) is 1. The summed E-state index contributed by atoms with van der Waals surface area (Å²) in [5, 5.41) is 3.37. The predicted octanol–water partition coefficient (Wildman–Crippen LogP) is 3.02. The van der Waals surface area contributed by atoms with Gasteiger partial charge in [0.1, 0.15) is 0 Å². The number of rotatable bonds is 7. The highest BCUT2D eigenvalue weighted by molar-refractivity contribution is 5.15. The lowest BCUT2D eigenvalue weighted by molar-refractivity contribution is -0.0382. The highest BCUT2D eigenvalue weighted by Crippen LogP contribution is 2.19. The van der Waals surface area contributed by atoms with E-state index in [0.717, 1.165) is 19.4 Å². The molecule has 0 aliphatic heterocycles. The van der Waals surface area contributed by atoms with Gasteiger partial charge in [-0.15, -0.1) is 0 Å². The van der Waals surface area contributed by atoms with E-state index in [1.54, 1.807) is 0 Å². The van der Waals surface area contributed by atoms with Gasteiger partial charge in [0.15, 0.2) is 0 Å². The average Bonchev–Trinajstić information content (AvgIpc) is 2.30. The molecule has 0 fully saturated rings. The molecule has 0 saturated heterocycles. The molecule has 0 heterocycles. The Balaban J connectivity index is 2.53. The Morgan fingerprint density at radius 3 is 2.41 bits per heavy atom. The van der Waals surface area contributed by atoms with Crippen LogP contribution in [-0.4, -0.2) is 25.3 Å². The summed E-state index contributed by atoms with van der Waals surface area (Å²) in [7, 11) is 2.01. The molecule has 0 aliphatic rings. The lowest BCUT2D eigenvalue weighted by Gasteiger charge is -2.34. The second kappa shape index (κ2) is 6.77. The summed E-state index contributed by atoms with van der Waals surface area (Å²) in [6.45, 7) is 7.12. The second-order valence-corrected chi connectivity index (χ2v) is 4.90. The van der Waals surface area contributed by atoms with Gasteiger partial charge in [0.2, 0.25) is 0 Å². The van der Waals surface area contributed by atoms with Gasteiger partial charge in [0.05, 0.1) is 5.60 Å². The molecule has 1 unspecified atom stereocenters. The van der Waals surface area contributed by atoms with Crippen LogP contribution in [0.15, 0.2) is 30.3 Å². The molecule has 1 rings (SSSR count). The van der Waals surface area contributed by atoms with E-state index in [4.69, 9.17) is 4.74 Å². The SMILES string of the molecule is CCOC(C)(C)C(CCc1ccccc1)NC. The fourth-order valence-electron chi connectivity index (χ4n) is 2.27. The highest BCUT2D eigenvalue weighted by atomic mass is 16.5. The summed E-state index contributed by atoms with van der Waals surface area (Å²) in [5.41, 5.74) is 1.28. The molecule has 0 amide bonds. The first-order valence-electron chi connectivity index (χ1n) is 6.45. The largest absolute Gasteiger partial charge is 0.374 e. The second-order valence-electron chi connectivity index (χ2n) is 4.90. The van der Waals surface area contributed by atoms with Crippen molar-refractivity contribution in [2.45, 2.75) is 45.3 Å². The zero-order valence-corrected chi connectivity index (χ0v) is 11.5. The standard InChI is InChI=1S/C15H25NO/c1-5-17-15(2,3)14(16-4)12-11-13-9-7-6-8-10-13/h6-10,14,16H,5,11-12H2,1-4H3. The van der Waals surface area contributed by atoms with Gasteiger partial charge in [-0.1, -0.05) is 30.3 Å². The van der Waals surface area contributed by atoms with E-state index in [1.807, 2.05) is 14.0 Å². The molecule has 0 saturated carbocycles. The molecule has 0 radical (unpaired) electrons. The molecule has 0 spiro atoms. The summed E-state index contributed by atoms with van der Waals surface area (Å²) in [5.74, 6) is 0. The molecule has 96 valence electrons. The van der Waals surface area contributed by atoms with Crippen molar-refractivity contribution in [2.24, 2.45) is 0 Å². The molecule has 0 bridgehead atoms. The average molecular weight is 235 g/mol. The molecule has 1 N–H and O–H groups in total. The van der Waals surface area contributed by atoms with Crippen molar-refractivity contribution in [1.29, 1.82) is 0 Å². The molecule has 1 atom stereocenters. The van der Waals surface area contributed by atoms with Crippen molar-refractivity contribution in [3.8, 4) is 0 Å². The van der Waals surface area contributed by atoms with Crippen molar-refractivity contribution in [2.75, 3.05) is 13.7 Å². The van der Waals surface area contributed by atoms with Gasteiger partial charge in [0, 0.05) is 12.6 Å². The van der Waals surface area contributed by atoms with Crippen molar-refractivity contribution in [3.63, 3.8) is 0 Å². The number of hydrogen-bond acceptors (Lipinski definition) is 2. The third-order valence-corrected chi connectivity index (χ3v) is 3.27. The smallest absolute Gasteiger partial charge is 0.0778 e. The van der Waals surface area contributed by atoms with Gasteiger partial charge in [-0.2, -0.15) is 0 Å². The molecular weight excluding hydrogens is 210 g/mol. The van der Waals surface area contributed by atoms with Gasteiger partial charge < -0.3 is 10.1 Å². The van der Waals surface area contributed by atoms with Crippen LogP contribution in [0, 0.1) is 0 Å². The number of benzene rings is 1. The van der Waals surface area contributed by atoms with Crippen molar-refractivity contribution in [1.82, 2.24) is 5.32 Å². The summed E-state index contributed by atoms with van der Waals surface area (Å²) < 4.78 is 5.81. The Morgan fingerprint density at radius 2 is 1.88 bits per heavy atom. The molecule has 1 aromatic carbocycles. The van der Waals surface area contributed by atoms with Crippen LogP contribution in [0.5, 0.6) is 0 Å². The van der Waals surface area contributed by atoms with E-state index >= 15 is 0 Å². The normalized spacial score (nSPS) is 13.6. The van der Waals surface area contributed by atoms with E-state index in [1.165, 1.54) is 5.56 Å². The van der Waals surface area contributed by atoms with Crippen molar-refractivity contribution in [3.05, 3.63) is 35.9 Å². The summed E-state index contributed by atoms with van der Waals surface area (Å²) in [4.78, 5) is 0. The molecule has 1 aromatic rings. The van der Waals surface area contributed by atoms with Crippen LogP contribution >= 0.6 is 0 Å². The molecule has 17 heavy (non-hydrogen) atoms. The Hall–Kier alpha value is -0.860. The molecule has 2 nitrogen and oxygen atoms in total. The monoisotopic (exact) mass is 235 g/mol. The first-order valence-corrected chi connectivity index (χ1v) is 6.45. The molecule has 0 aromatic heterocycles. The van der Waals surface area contributed by atoms with Crippen molar-refractivity contribution < 1.29 is 4.74 Å². The Labute approximate surface area is 105 Å². The van der Waals surface area contributed by atoms with Crippen LogP contribution in [-0.2, 0) is 11.2 Å². The van der Waals surface area contributed by atoms with Gasteiger partial charge in [-0.3, -0.25) is 0 Å². The molecular formula is C15H25NO. The van der Waals surface area contributed by atoms with Crippen LogP contribution < -0.4 is 5.32 Å². The Kier molecular flexibility index (Phi) is 5.66. The molecule has 2 heteroatoms. The number of likely N-dealkylation sites (N-methyl/N-ethyl adjacent to an activating group) is 1. The Morgan fingerprint density at radius 1 is 1.24 bits per heavy atom. The summed E-state index contributed by atoms with van der Waals surface area (Å²) in [6.07, 6.45) is 2.18.